The normalized spacial score (nSPS) is 16.4. The molecular formula is C19H23N5O2. The quantitative estimate of drug-likeness (QED) is 0.759. The van der Waals surface area contributed by atoms with Crippen molar-refractivity contribution in [2.24, 2.45) is 0 Å². The van der Waals surface area contributed by atoms with Crippen molar-refractivity contribution in [3.05, 3.63) is 47.5 Å². The van der Waals surface area contributed by atoms with Crippen LogP contribution in [0.2, 0.25) is 0 Å². The van der Waals surface area contributed by atoms with Gasteiger partial charge in [-0.05, 0) is 25.8 Å². The highest BCUT2D eigenvalue weighted by Gasteiger charge is 2.39. The van der Waals surface area contributed by atoms with Crippen LogP contribution in [0.15, 0.2) is 30.9 Å². The van der Waals surface area contributed by atoms with E-state index in [1.807, 2.05) is 4.57 Å². The number of nitrogens with zero attached hydrogens (tertiary/aromatic N) is 4. The van der Waals surface area contributed by atoms with Crippen LogP contribution in [0, 0.1) is 13.8 Å². The number of hydrogen-bond acceptors (Lipinski definition) is 6. The van der Waals surface area contributed by atoms with Gasteiger partial charge >= 0.3 is 0 Å². The van der Waals surface area contributed by atoms with Gasteiger partial charge in [0.25, 0.3) is 0 Å². The molecule has 0 aliphatic carbocycles. The van der Waals surface area contributed by atoms with E-state index in [0.29, 0.717) is 24.5 Å². The predicted molar refractivity (Wildman–Crippen MR) is 98.5 cm³/mol. The van der Waals surface area contributed by atoms with Gasteiger partial charge in [-0.15, -0.1) is 0 Å². The lowest BCUT2D eigenvalue weighted by atomic mass is 9.94. The number of aryl methyl sites for hydroxylation is 3. The summed E-state index contributed by atoms with van der Waals surface area (Å²) in [5.41, 5.74) is 10.8. The Balaban J connectivity index is 1.53. The first-order valence-corrected chi connectivity index (χ1v) is 8.86. The van der Waals surface area contributed by atoms with Crippen LogP contribution in [0.5, 0.6) is 0 Å². The van der Waals surface area contributed by atoms with Crippen molar-refractivity contribution in [1.82, 2.24) is 19.5 Å². The Hall–Kier alpha value is -2.51. The fraction of sp³-hybridized carbons (Fsp3) is 0.421. The second-order valence-corrected chi connectivity index (χ2v) is 6.74. The first kappa shape index (κ1) is 16.9. The predicted octanol–water partition coefficient (Wildman–Crippen LogP) is 2.71. The lowest BCUT2D eigenvalue weighted by molar-refractivity contribution is -0.172. The number of aromatic nitrogens is 4. The van der Waals surface area contributed by atoms with E-state index in [4.69, 9.17) is 15.2 Å². The molecule has 2 N–H and O–H groups in total. The van der Waals surface area contributed by atoms with E-state index in [9.17, 15) is 0 Å². The molecule has 1 aromatic carbocycles. The molecule has 1 aliphatic rings. The highest BCUT2D eigenvalue weighted by molar-refractivity contribution is 5.81. The summed E-state index contributed by atoms with van der Waals surface area (Å²) in [5.74, 6) is -0.259. The summed E-state index contributed by atoms with van der Waals surface area (Å²) in [6.45, 7) is 6.19. The van der Waals surface area contributed by atoms with E-state index in [1.165, 1.54) is 17.5 Å². The molecule has 26 heavy (non-hydrogen) atoms. The van der Waals surface area contributed by atoms with E-state index in [-0.39, 0.29) is 0 Å². The van der Waals surface area contributed by atoms with E-state index >= 15 is 0 Å². The molecule has 7 heteroatoms. The zero-order valence-corrected chi connectivity index (χ0v) is 15.1. The number of hydrogen-bond donors (Lipinski definition) is 1. The number of benzene rings is 1. The molecule has 2 aromatic heterocycles. The minimum atomic E-state index is -0.665. The maximum Gasteiger partial charge on any atom is 0.195 e. The molecule has 136 valence electrons. The number of anilines is 1. The topological polar surface area (TPSA) is 88.1 Å². The maximum atomic E-state index is 6.08. The van der Waals surface area contributed by atoms with Gasteiger partial charge in [-0.3, -0.25) is 0 Å². The average molecular weight is 353 g/mol. The summed E-state index contributed by atoms with van der Waals surface area (Å²) in [7, 11) is 0. The molecule has 0 atom stereocenters. The van der Waals surface area contributed by atoms with Gasteiger partial charge in [0.1, 0.15) is 11.8 Å². The molecule has 3 heterocycles. The second kappa shape index (κ2) is 6.66. The van der Waals surface area contributed by atoms with Crippen molar-refractivity contribution in [2.45, 2.75) is 39.0 Å². The van der Waals surface area contributed by atoms with Gasteiger partial charge in [0.05, 0.1) is 19.5 Å². The lowest BCUT2D eigenvalue weighted by Crippen LogP contribution is -2.28. The van der Waals surface area contributed by atoms with Crippen LogP contribution in [-0.4, -0.2) is 32.7 Å². The smallest absolute Gasteiger partial charge is 0.195 e. The third-order valence-electron chi connectivity index (χ3n) is 4.88. The maximum absolute atomic E-state index is 6.08. The first-order chi connectivity index (χ1) is 12.6. The van der Waals surface area contributed by atoms with Crippen molar-refractivity contribution < 1.29 is 9.47 Å². The van der Waals surface area contributed by atoms with Gasteiger partial charge in [0.2, 0.25) is 0 Å². The minimum absolute atomic E-state index is 0.406. The van der Waals surface area contributed by atoms with Crippen molar-refractivity contribution in [3.63, 3.8) is 0 Å². The third-order valence-corrected chi connectivity index (χ3v) is 4.88. The molecule has 0 spiro atoms. The standard InChI is InChI=1S/C19H23N5O2/c1-13-4-5-15(14(2)10-13)19(25-8-9-26-19)6-3-7-24-12-23-16-17(20)21-11-22-18(16)24/h4-5,10-12H,3,6-9H2,1-2H3,(H2,20,21,22). The fourth-order valence-corrected chi connectivity index (χ4v) is 3.67. The second-order valence-electron chi connectivity index (χ2n) is 6.74. The number of ether oxygens (including phenoxy) is 2. The summed E-state index contributed by atoms with van der Waals surface area (Å²) in [6, 6.07) is 6.40. The SMILES string of the molecule is Cc1ccc(C2(CCCn3cnc4c(N)ncnc43)OCCO2)c(C)c1. The Bertz CT molecular complexity index is 931. The van der Waals surface area contributed by atoms with E-state index in [2.05, 4.69) is 47.0 Å². The number of imidazole rings is 1. The summed E-state index contributed by atoms with van der Waals surface area (Å²) >= 11 is 0. The molecule has 1 aliphatic heterocycles. The molecule has 0 radical (unpaired) electrons. The number of rotatable bonds is 5. The van der Waals surface area contributed by atoms with Crippen LogP contribution in [-0.2, 0) is 21.8 Å². The summed E-state index contributed by atoms with van der Waals surface area (Å²) in [6.07, 6.45) is 4.85. The summed E-state index contributed by atoms with van der Waals surface area (Å²) in [4.78, 5) is 12.6. The highest BCUT2D eigenvalue weighted by Crippen LogP contribution is 2.38. The van der Waals surface area contributed by atoms with Crippen molar-refractivity contribution in [1.29, 1.82) is 0 Å². The molecule has 0 saturated carbocycles. The molecule has 1 saturated heterocycles. The first-order valence-electron chi connectivity index (χ1n) is 8.86. The van der Waals surface area contributed by atoms with Crippen LogP contribution in [0.25, 0.3) is 11.2 Å². The Morgan fingerprint density at radius 3 is 2.73 bits per heavy atom. The Labute approximate surface area is 152 Å². The highest BCUT2D eigenvalue weighted by atomic mass is 16.7. The van der Waals surface area contributed by atoms with Gasteiger partial charge < -0.3 is 19.8 Å². The zero-order chi connectivity index (χ0) is 18.1. The Morgan fingerprint density at radius 2 is 1.96 bits per heavy atom. The Morgan fingerprint density at radius 1 is 1.15 bits per heavy atom. The van der Waals surface area contributed by atoms with Gasteiger partial charge in [-0.25, -0.2) is 15.0 Å². The largest absolute Gasteiger partial charge is 0.382 e. The van der Waals surface area contributed by atoms with Gasteiger partial charge in [-0.1, -0.05) is 23.8 Å². The molecule has 3 aromatic rings. The van der Waals surface area contributed by atoms with Crippen LogP contribution in [0.4, 0.5) is 5.82 Å². The summed E-state index contributed by atoms with van der Waals surface area (Å²) < 4.78 is 14.2. The third kappa shape index (κ3) is 2.93. The average Bonchev–Trinajstić information content (AvgIpc) is 3.24. The molecule has 0 bridgehead atoms. The molecule has 4 rings (SSSR count). The lowest BCUT2D eigenvalue weighted by Gasteiger charge is -2.29. The monoisotopic (exact) mass is 353 g/mol. The van der Waals surface area contributed by atoms with Crippen LogP contribution in [0.3, 0.4) is 0 Å². The van der Waals surface area contributed by atoms with Crippen LogP contribution >= 0.6 is 0 Å². The number of fused-ring (bicyclic) bond motifs is 1. The van der Waals surface area contributed by atoms with Gasteiger partial charge in [-0.2, -0.15) is 0 Å². The van der Waals surface area contributed by atoms with E-state index in [0.717, 1.165) is 30.6 Å². The zero-order valence-electron chi connectivity index (χ0n) is 15.1. The molecule has 1 fully saturated rings. The van der Waals surface area contributed by atoms with Crippen molar-refractivity contribution in [2.75, 3.05) is 18.9 Å². The molecule has 0 unspecified atom stereocenters. The van der Waals surface area contributed by atoms with Crippen LogP contribution < -0.4 is 5.73 Å². The fourth-order valence-electron chi connectivity index (χ4n) is 3.67. The van der Waals surface area contributed by atoms with E-state index < -0.39 is 5.79 Å². The molecule has 0 amide bonds. The van der Waals surface area contributed by atoms with Crippen molar-refractivity contribution in [3.8, 4) is 0 Å². The van der Waals surface area contributed by atoms with Gasteiger partial charge in [0.15, 0.2) is 17.3 Å². The number of nitrogens with two attached hydrogens (primary N) is 1. The van der Waals surface area contributed by atoms with Crippen molar-refractivity contribution >= 4 is 17.0 Å². The van der Waals surface area contributed by atoms with Crippen LogP contribution in [0.1, 0.15) is 29.5 Å². The van der Waals surface area contributed by atoms with Gasteiger partial charge in [0, 0.05) is 18.5 Å². The molecular weight excluding hydrogens is 330 g/mol. The minimum Gasteiger partial charge on any atom is -0.382 e. The number of nitrogen functional groups attached to an aromatic ring is 1. The summed E-state index contributed by atoms with van der Waals surface area (Å²) in [5, 5.41) is 0. The van der Waals surface area contributed by atoms with E-state index in [1.54, 1.807) is 6.33 Å². The Kier molecular flexibility index (Phi) is 4.34. The molecule has 7 nitrogen and oxygen atoms in total.